The molecule has 3 heterocycles. The number of carbonyl (C=O) groups excluding carboxylic acids is 1. The van der Waals surface area contributed by atoms with Crippen molar-refractivity contribution in [1.82, 2.24) is 29.7 Å². The van der Waals surface area contributed by atoms with Gasteiger partial charge in [0.25, 0.3) is 5.91 Å². The summed E-state index contributed by atoms with van der Waals surface area (Å²) in [5.41, 5.74) is 4.18. The molecule has 1 unspecified atom stereocenters. The Morgan fingerprint density at radius 1 is 1.03 bits per heavy atom. The van der Waals surface area contributed by atoms with Crippen LogP contribution < -0.4 is 5.32 Å². The van der Waals surface area contributed by atoms with Crippen LogP contribution in [0.3, 0.4) is 0 Å². The fourth-order valence-corrected chi connectivity index (χ4v) is 3.77. The number of aryl methyl sites for hydroxylation is 1. The van der Waals surface area contributed by atoms with Gasteiger partial charge in [0, 0.05) is 18.0 Å². The number of aromatic nitrogens is 5. The number of carbonyl (C=O) groups is 1. The predicted octanol–water partition coefficient (Wildman–Crippen LogP) is 4.52. The van der Waals surface area contributed by atoms with Gasteiger partial charge in [0.15, 0.2) is 11.5 Å². The Balaban J connectivity index is 1.52. The maximum atomic E-state index is 13.4. The molecule has 0 aliphatic rings. The number of nitrogens with zero attached hydrogens (tertiary/aromatic N) is 5. The Morgan fingerprint density at radius 3 is 2.64 bits per heavy atom. The zero-order chi connectivity index (χ0) is 22.9. The van der Waals surface area contributed by atoms with Crippen molar-refractivity contribution < 1.29 is 9.18 Å². The van der Waals surface area contributed by atoms with Crippen LogP contribution in [0.5, 0.6) is 0 Å². The highest BCUT2D eigenvalue weighted by atomic mass is 19.1. The lowest BCUT2D eigenvalue weighted by molar-refractivity contribution is 0.0938. The van der Waals surface area contributed by atoms with Gasteiger partial charge in [0.1, 0.15) is 11.5 Å². The third-order valence-electron chi connectivity index (χ3n) is 5.42. The Labute approximate surface area is 189 Å². The summed E-state index contributed by atoms with van der Waals surface area (Å²) >= 11 is 0. The molecule has 2 aromatic carbocycles. The molecule has 33 heavy (non-hydrogen) atoms. The highest BCUT2D eigenvalue weighted by Gasteiger charge is 2.22. The van der Waals surface area contributed by atoms with E-state index in [1.807, 2.05) is 66.9 Å². The summed E-state index contributed by atoms with van der Waals surface area (Å²) < 4.78 is 16.8. The molecule has 0 saturated heterocycles. The predicted molar refractivity (Wildman–Crippen MR) is 123 cm³/mol. The summed E-state index contributed by atoms with van der Waals surface area (Å²) in [7, 11) is 0. The molecule has 164 valence electrons. The van der Waals surface area contributed by atoms with Crippen LogP contribution in [0.25, 0.3) is 22.6 Å². The van der Waals surface area contributed by atoms with E-state index in [2.05, 4.69) is 20.6 Å². The molecule has 8 heteroatoms. The SMILES string of the molecule is Cc1cccc(-c2nn(-c3ccc(F)cc3)cc2C(=O)NC(C)c2nnc3ccccn23)c1. The van der Waals surface area contributed by atoms with Crippen molar-refractivity contribution >= 4 is 11.6 Å². The molecule has 0 aliphatic heterocycles. The highest BCUT2D eigenvalue weighted by molar-refractivity contribution is 6.00. The van der Waals surface area contributed by atoms with Crippen molar-refractivity contribution in [2.75, 3.05) is 0 Å². The monoisotopic (exact) mass is 440 g/mol. The number of pyridine rings is 1. The lowest BCUT2D eigenvalue weighted by Gasteiger charge is -2.12. The van der Waals surface area contributed by atoms with Gasteiger partial charge in [0.2, 0.25) is 0 Å². The average Bonchev–Trinajstić information content (AvgIpc) is 3.45. The number of nitrogens with one attached hydrogen (secondary N) is 1. The minimum absolute atomic E-state index is 0.292. The van der Waals surface area contributed by atoms with Gasteiger partial charge in [-0.1, -0.05) is 29.8 Å². The van der Waals surface area contributed by atoms with Crippen LogP contribution in [0.1, 0.15) is 34.7 Å². The Hall–Kier alpha value is -4.33. The van der Waals surface area contributed by atoms with Crippen LogP contribution in [0.15, 0.2) is 79.1 Å². The van der Waals surface area contributed by atoms with E-state index >= 15 is 0 Å². The lowest BCUT2D eigenvalue weighted by Crippen LogP contribution is -2.28. The second-order valence-electron chi connectivity index (χ2n) is 7.86. The first-order valence-electron chi connectivity index (χ1n) is 10.5. The van der Waals surface area contributed by atoms with E-state index in [9.17, 15) is 9.18 Å². The summed E-state index contributed by atoms with van der Waals surface area (Å²) in [6, 6.07) is 19.0. The second-order valence-corrected chi connectivity index (χ2v) is 7.86. The molecule has 5 aromatic rings. The molecule has 7 nitrogen and oxygen atoms in total. The Morgan fingerprint density at radius 2 is 1.85 bits per heavy atom. The number of rotatable bonds is 5. The number of hydrogen-bond acceptors (Lipinski definition) is 4. The smallest absolute Gasteiger partial charge is 0.255 e. The fraction of sp³-hybridized carbons (Fsp3) is 0.120. The maximum Gasteiger partial charge on any atom is 0.255 e. The number of benzene rings is 2. The quantitative estimate of drug-likeness (QED) is 0.436. The maximum absolute atomic E-state index is 13.4. The minimum Gasteiger partial charge on any atom is -0.342 e. The van der Waals surface area contributed by atoms with Crippen molar-refractivity contribution in [2.24, 2.45) is 0 Å². The summed E-state index contributed by atoms with van der Waals surface area (Å²) in [6.45, 7) is 3.84. The van der Waals surface area contributed by atoms with E-state index in [0.29, 0.717) is 28.4 Å². The van der Waals surface area contributed by atoms with E-state index < -0.39 is 6.04 Å². The Bertz CT molecular complexity index is 1450. The normalized spacial score (nSPS) is 12.1. The fourth-order valence-electron chi connectivity index (χ4n) is 3.77. The van der Waals surface area contributed by atoms with Crippen molar-refractivity contribution in [1.29, 1.82) is 0 Å². The molecule has 3 aromatic heterocycles. The second kappa shape index (κ2) is 8.31. The largest absolute Gasteiger partial charge is 0.342 e. The molecule has 0 aliphatic carbocycles. The van der Waals surface area contributed by atoms with E-state index in [1.165, 1.54) is 12.1 Å². The molecule has 5 rings (SSSR count). The van der Waals surface area contributed by atoms with Crippen LogP contribution in [-0.2, 0) is 0 Å². The van der Waals surface area contributed by atoms with Crippen LogP contribution in [0.4, 0.5) is 4.39 Å². The van der Waals surface area contributed by atoms with Crippen molar-refractivity contribution in [2.45, 2.75) is 19.9 Å². The zero-order valence-corrected chi connectivity index (χ0v) is 18.1. The average molecular weight is 440 g/mol. The van der Waals surface area contributed by atoms with Crippen molar-refractivity contribution in [3.8, 4) is 16.9 Å². The number of fused-ring (bicyclic) bond motifs is 1. The van der Waals surface area contributed by atoms with Gasteiger partial charge in [0.05, 0.1) is 17.3 Å². The van der Waals surface area contributed by atoms with E-state index in [4.69, 9.17) is 0 Å². The van der Waals surface area contributed by atoms with Crippen LogP contribution >= 0.6 is 0 Å². The topological polar surface area (TPSA) is 77.1 Å². The molecular weight excluding hydrogens is 419 g/mol. The molecular formula is C25H21FN6O. The molecule has 0 fully saturated rings. The van der Waals surface area contributed by atoms with Gasteiger partial charge >= 0.3 is 0 Å². The standard InChI is InChI=1S/C25H21FN6O/c1-16-6-5-7-18(14-16)23-21(15-32(30-23)20-11-9-19(26)10-12-20)25(33)27-17(2)24-29-28-22-8-3-4-13-31(22)24/h3-15,17H,1-2H3,(H,27,33). The van der Waals surface area contributed by atoms with Gasteiger partial charge in [-0.2, -0.15) is 5.10 Å². The van der Waals surface area contributed by atoms with Crippen LogP contribution in [-0.4, -0.2) is 30.3 Å². The summed E-state index contributed by atoms with van der Waals surface area (Å²) in [4.78, 5) is 13.4. The molecule has 0 spiro atoms. The third kappa shape index (κ3) is 3.98. The molecule has 0 bridgehead atoms. The van der Waals surface area contributed by atoms with Gasteiger partial charge in [-0.3, -0.25) is 9.20 Å². The van der Waals surface area contributed by atoms with Gasteiger partial charge in [-0.25, -0.2) is 9.07 Å². The van der Waals surface area contributed by atoms with Gasteiger partial charge in [-0.05, 0) is 56.3 Å². The first-order valence-corrected chi connectivity index (χ1v) is 10.5. The highest BCUT2D eigenvalue weighted by Crippen LogP contribution is 2.25. The molecule has 0 saturated carbocycles. The molecule has 1 N–H and O–H groups in total. The van der Waals surface area contributed by atoms with Gasteiger partial charge in [-0.15, -0.1) is 10.2 Å². The van der Waals surface area contributed by atoms with Crippen LogP contribution in [0, 0.1) is 12.7 Å². The van der Waals surface area contributed by atoms with Crippen LogP contribution in [0.2, 0.25) is 0 Å². The summed E-state index contributed by atoms with van der Waals surface area (Å²) in [5, 5.41) is 16.1. The summed E-state index contributed by atoms with van der Waals surface area (Å²) in [6.07, 6.45) is 3.52. The lowest BCUT2D eigenvalue weighted by atomic mass is 10.1. The van der Waals surface area contributed by atoms with E-state index in [0.717, 1.165) is 11.1 Å². The summed E-state index contributed by atoms with van der Waals surface area (Å²) in [5.74, 6) is -0.000769. The van der Waals surface area contributed by atoms with E-state index in [-0.39, 0.29) is 11.7 Å². The number of hydrogen-bond donors (Lipinski definition) is 1. The van der Waals surface area contributed by atoms with E-state index in [1.54, 1.807) is 23.0 Å². The molecule has 1 amide bonds. The first kappa shape index (κ1) is 20.6. The first-order chi connectivity index (χ1) is 16.0. The van der Waals surface area contributed by atoms with Gasteiger partial charge < -0.3 is 5.32 Å². The minimum atomic E-state index is -0.394. The molecule has 0 radical (unpaired) electrons. The van der Waals surface area contributed by atoms with Crippen molar-refractivity contribution in [3.63, 3.8) is 0 Å². The zero-order valence-electron chi connectivity index (χ0n) is 18.1. The number of amides is 1. The third-order valence-corrected chi connectivity index (χ3v) is 5.42. The molecule has 1 atom stereocenters. The number of halogens is 1. The Kier molecular flexibility index (Phi) is 5.18. The van der Waals surface area contributed by atoms with Crippen molar-refractivity contribution in [3.05, 3.63) is 102 Å².